The Labute approximate surface area is 600 Å². The lowest BCUT2D eigenvalue weighted by molar-refractivity contribution is -0.161. The lowest BCUT2D eigenvalue weighted by atomic mass is 10.0. The molecular formula is C79H154O17P2. The van der Waals surface area contributed by atoms with Gasteiger partial charge in [0.25, 0.3) is 0 Å². The summed E-state index contributed by atoms with van der Waals surface area (Å²) in [5, 5.41) is 10.6. The highest BCUT2D eigenvalue weighted by Crippen LogP contribution is 2.45. The van der Waals surface area contributed by atoms with Crippen LogP contribution in [0, 0.1) is 5.92 Å². The second kappa shape index (κ2) is 72.0. The van der Waals surface area contributed by atoms with Crippen LogP contribution >= 0.6 is 15.6 Å². The fraction of sp³-hybridized carbons (Fsp3) is 0.949. The van der Waals surface area contributed by atoms with Crippen LogP contribution in [-0.2, 0) is 65.4 Å². The van der Waals surface area contributed by atoms with Gasteiger partial charge in [-0.3, -0.25) is 37.3 Å². The van der Waals surface area contributed by atoms with Crippen LogP contribution in [0.15, 0.2) is 0 Å². The summed E-state index contributed by atoms with van der Waals surface area (Å²) in [4.78, 5) is 73.0. The molecule has 0 rings (SSSR count). The molecule has 0 aliphatic rings. The van der Waals surface area contributed by atoms with E-state index >= 15 is 0 Å². The third kappa shape index (κ3) is 72.4. The number of phosphoric acid groups is 2. The Balaban J connectivity index is 5.25. The Morgan fingerprint density at radius 3 is 0.694 bits per heavy atom. The molecule has 0 spiro atoms. The molecule has 0 bridgehead atoms. The number of hydrogen-bond acceptors (Lipinski definition) is 15. The van der Waals surface area contributed by atoms with Crippen molar-refractivity contribution in [1.82, 2.24) is 0 Å². The van der Waals surface area contributed by atoms with Gasteiger partial charge >= 0.3 is 39.5 Å². The van der Waals surface area contributed by atoms with E-state index in [1.165, 1.54) is 244 Å². The van der Waals surface area contributed by atoms with Crippen LogP contribution in [0.3, 0.4) is 0 Å². The van der Waals surface area contributed by atoms with E-state index in [-0.39, 0.29) is 25.7 Å². The molecule has 5 atom stereocenters. The molecule has 0 fully saturated rings. The predicted molar refractivity (Wildman–Crippen MR) is 400 cm³/mol. The van der Waals surface area contributed by atoms with Gasteiger partial charge in [-0.15, -0.1) is 0 Å². The first-order chi connectivity index (χ1) is 47.5. The van der Waals surface area contributed by atoms with E-state index in [9.17, 15) is 43.2 Å². The number of hydrogen-bond donors (Lipinski definition) is 3. The molecule has 0 aromatic carbocycles. The van der Waals surface area contributed by atoms with Gasteiger partial charge in [0.1, 0.15) is 19.3 Å². The van der Waals surface area contributed by atoms with Crippen molar-refractivity contribution in [3.8, 4) is 0 Å². The molecule has 0 heterocycles. The highest BCUT2D eigenvalue weighted by molar-refractivity contribution is 7.47. The summed E-state index contributed by atoms with van der Waals surface area (Å²) >= 11 is 0. The van der Waals surface area contributed by atoms with Crippen molar-refractivity contribution in [1.29, 1.82) is 0 Å². The number of rotatable bonds is 79. The van der Waals surface area contributed by atoms with Gasteiger partial charge in [-0.25, -0.2) is 9.13 Å². The number of carbonyl (C=O) groups excluding carboxylic acids is 4. The van der Waals surface area contributed by atoms with Crippen LogP contribution < -0.4 is 0 Å². The minimum Gasteiger partial charge on any atom is -0.462 e. The first kappa shape index (κ1) is 96.1. The molecule has 0 saturated carbocycles. The highest BCUT2D eigenvalue weighted by Gasteiger charge is 2.30. The zero-order valence-electron chi connectivity index (χ0n) is 63.9. The van der Waals surface area contributed by atoms with E-state index in [1.54, 1.807) is 0 Å². The molecule has 3 N–H and O–H groups in total. The summed E-state index contributed by atoms with van der Waals surface area (Å²) in [5.74, 6) is -1.35. The zero-order valence-corrected chi connectivity index (χ0v) is 65.7. The maximum Gasteiger partial charge on any atom is 0.472 e. The van der Waals surface area contributed by atoms with Gasteiger partial charge in [-0.2, -0.15) is 0 Å². The third-order valence-electron chi connectivity index (χ3n) is 18.5. The SMILES string of the molecule is CCCCCCCCCCCCCCCCCCCCC(=O)O[C@H](COC(=O)CCCCCCCCCCCCCCCCC)COP(=O)(O)OC[C@@H](O)COP(=O)(O)OC[C@@H](COC(=O)CCCCCCCCCCCCCC)OC(=O)CCCCCCCCCCCCC(C)C. The van der Waals surface area contributed by atoms with Gasteiger partial charge in [0.2, 0.25) is 0 Å². The van der Waals surface area contributed by atoms with Crippen molar-refractivity contribution in [2.75, 3.05) is 39.6 Å². The summed E-state index contributed by atoms with van der Waals surface area (Å²) in [6, 6.07) is 0. The van der Waals surface area contributed by atoms with E-state index < -0.39 is 97.5 Å². The normalized spacial score (nSPS) is 13.9. The van der Waals surface area contributed by atoms with Gasteiger partial charge in [0, 0.05) is 25.7 Å². The first-order valence-corrected chi connectivity index (χ1v) is 44.1. The van der Waals surface area contributed by atoms with Gasteiger partial charge in [-0.05, 0) is 31.6 Å². The van der Waals surface area contributed by atoms with Gasteiger partial charge < -0.3 is 33.8 Å². The summed E-state index contributed by atoms with van der Waals surface area (Å²) in [7, 11) is -9.92. The molecule has 19 heteroatoms. The number of unbranched alkanes of at least 4 members (excludes halogenated alkanes) is 51. The summed E-state index contributed by atoms with van der Waals surface area (Å²) in [5.41, 5.74) is 0. The van der Waals surface area contributed by atoms with Crippen LogP contribution in [0.4, 0.5) is 0 Å². The number of aliphatic hydroxyl groups is 1. The number of ether oxygens (including phenoxy) is 4. The molecular weight excluding hydrogens is 1280 g/mol. The van der Waals surface area contributed by atoms with Crippen molar-refractivity contribution in [3.05, 3.63) is 0 Å². The standard InChI is InChI=1S/C79H154O17P2/c1-6-9-12-15-18-21-24-27-29-30-31-33-35-38-44-49-54-59-64-78(83)95-74(68-90-77(82)63-58-53-48-43-37-34-32-28-25-22-19-16-13-10-7-2)70-93-97(85,86)91-66-73(80)67-92-98(87,88)94-71-75(69-89-76(81)62-57-52-47-42-36-26-23-20-17-14-11-8-3)96-79(84)65-60-55-50-45-40-39-41-46-51-56-61-72(4)5/h72-75,80H,6-71H2,1-5H3,(H,85,86)(H,87,88)/t73-,74-,75-/m1/s1. The van der Waals surface area contributed by atoms with E-state index in [0.717, 1.165) is 95.8 Å². The fourth-order valence-corrected chi connectivity index (χ4v) is 13.8. The van der Waals surface area contributed by atoms with Crippen molar-refractivity contribution >= 4 is 39.5 Å². The van der Waals surface area contributed by atoms with Crippen molar-refractivity contribution in [3.63, 3.8) is 0 Å². The molecule has 0 aliphatic heterocycles. The molecule has 98 heavy (non-hydrogen) atoms. The Morgan fingerprint density at radius 1 is 0.276 bits per heavy atom. The second-order valence-electron chi connectivity index (χ2n) is 28.9. The Kier molecular flexibility index (Phi) is 70.6. The van der Waals surface area contributed by atoms with Crippen LogP contribution in [-0.4, -0.2) is 96.7 Å². The number of aliphatic hydroxyl groups excluding tert-OH is 1. The highest BCUT2D eigenvalue weighted by atomic mass is 31.2. The quantitative estimate of drug-likeness (QED) is 0.0222. The molecule has 0 amide bonds. The second-order valence-corrected chi connectivity index (χ2v) is 31.8. The molecule has 0 saturated heterocycles. The third-order valence-corrected chi connectivity index (χ3v) is 20.4. The van der Waals surface area contributed by atoms with Crippen LogP contribution in [0.25, 0.3) is 0 Å². The Hall–Kier alpha value is -1.94. The molecule has 2 unspecified atom stereocenters. The van der Waals surface area contributed by atoms with E-state index in [1.807, 2.05) is 0 Å². The Bertz CT molecular complexity index is 1870. The lowest BCUT2D eigenvalue weighted by Crippen LogP contribution is -2.30. The number of carbonyl (C=O) groups is 4. The van der Waals surface area contributed by atoms with E-state index in [2.05, 4.69) is 34.6 Å². The van der Waals surface area contributed by atoms with Crippen molar-refractivity contribution in [2.24, 2.45) is 5.92 Å². The summed E-state index contributed by atoms with van der Waals surface area (Å²) < 4.78 is 68.7. The van der Waals surface area contributed by atoms with Crippen LogP contribution in [0.1, 0.15) is 420 Å². The van der Waals surface area contributed by atoms with Crippen molar-refractivity contribution < 1.29 is 80.2 Å². The molecule has 582 valence electrons. The van der Waals surface area contributed by atoms with Gasteiger partial charge in [-0.1, -0.05) is 369 Å². The van der Waals surface area contributed by atoms with E-state index in [4.69, 9.17) is 37.0 Å². The molecule has 17 nitrogen and oxygen atoms in total. The maximum absolute atomic E-state index is 13.1. The minimum atomic E-state index is -4.96. The predicted octanol–water partition coefficient (Wildman–Crippen LogP) is 23.6. The Morgan fingerprint density at radius 2 is 0.469 bits per heavy atom. The molecule has 0 aromatic heterocycles. The first-order valence-electron chi connectivity index (χ1n) is 41.1. The average molecular weight is 1440 g/mol. The number of phosphoric ester groups is 2. The minimum absolute atomic E-state index is 0.107. The molecule has 0 aliphatic carbocycles. The largest absolute Gasteiger partial charge is 0.472 e. The number of esters is 4. The smallest absolute Gasteiger partial charge is 0.462 e. The molecule has 0 aromatic rings. The van der Waals surface area contributed by atoms with Crippen LogP contribution in [0.5, 0.6) is 0 Å². The van der Waals surface area contributed by atoms with Crippen LogP contribution in [0.2, 0.25) is 0 Å². The van der Waals surface area contributed by atoms with Gasteiger partial charge in [0.15, 0.2) is 12.2 Å². The fourth-order valence-electron chi connectivity index (χ4n) is 12.2. The molecule has 0 radical (unpaired) electrons. The van der Waals surface area contributed by atoms with Crippen molar-refractivity contribution in [2.45, 2.75) is 438 Å². The summed E-state index contributed by atoms with van der Waals surface area (Å²) in [6.45, 7) is 7.31. The van der Waals surface area contributed by atoms with Gasteiger partial charge in [0.05, 0.1) is 26.4 Å². The monoisotopic (exact) mass is 1440 g/mol. The topological polar surface area (TPSA) is 237 Å². The van der Waals surface area contributed by atoms with E-state index in [0.29, 0.717) is 25.7 Å². The average Bonchev–Trinajstić information content (AvgIpc) is 1.06. The maximum atomic E-state index is 13.1. The lowest BCUT2D eigenvalue weighted by Gasteiger charge is -2.21. The summed E-state index contributed by atoms with van der Waals surface area (Å²) in [6.07, 6.45) is 62.3. The zero-order chi connectivity index (χ0) is 71.9.